The molecule has 1 atom stereocenters. The Bertz CT molecular complexity index is 426. The van der Waals surface area contributed by atoms with Gasteiger partial charge in [0.05, 0.1) is 20.3 Å². The standard InChI is InChI=1S/C14H20N2O3/c1-18-11-6-10(7-12(8-11)19-2)9-16-13-4-3-5-15-14(13)17/h6-8,13,16H,3-5,9H2,1-2H3,(H,15,17). The molecule has 1 aliphatic rings. The highest BCUT2D eigenvalue weighted by molar-refractivity contribution is 5.82. The lowest BCUT2D eigenvalue weighted by Crippen LogP contribution is -2.47. The first-order valence-electron chi connectivity index (χ1n) is 6.46. The molecular weight excluding hydrogens is 244 g/mol. The van der Waals surface area contributed by atoms with E-state index in [4.69, 9.17) is 9.47 Å². The summed E-state index contributed by atoms with van der Waals surface area (Å²) in [6.07, 6.45) is 1.90. The number of piperidine rings is 1. The topological polar surface area (TPSA) is 59.6 Å². The third-order valence-corrected chi connectivity index (χ3v) is 3.25. The van der Waals surface area contributed by atoms with E-state index >= 15 is 0 Å². The summed E-state index contributed by atoms with van der Waals surface area (Å²) >= 11 is 0. The predicted molar refractivity (Wildman–Crippen MR) is 72.4 cm³/mol. The lowest BCUT2D eigenvalue weighted by Gasteiger charge is -2.23. The minimum Gasteiger partial charge on any atom is -0.497 e. The monoisotopic (exact) mass is 264 g/mol. The van der Waals surface area contributed by atoms with Crippen molar-refractivity contribution in [3.8, 4) is 11.5 Å². The molecule has 0 radical (unpaired) electrons. The van der Waals surface area contributed by atoms with Crippen LogP contribution in [0.4, 0.5) is 0 Å². The van der Waals surface area contributed by atoms with Crippen LogP contribution in [0.15, 0.2) is 18.2 Å². The maximum Gasteiger partial charge on any atom is 0.237 e. The maximum absolute atomic E-state index is 11.6. The van der Waals surface area contributed by atoms with Crippen LogP contribution in [0, 0.1) is 0 Å². The second kappa shape index (κ2) is 6.43. The van der Waals surface area contributed by atoms with Crippen LogP contribution in [-0.4, -0.2) is 32.7 Å². The Hall–Kier alpha value is -1.75. The van der Waals surface area contributed by atoms with Gasteiger partial charge < -0.3 is 20.1 Å². The molecule has 2 rings (SSSR count). The van der Waals surface area contributed by atoms with Crippen molar-refractivity contribution < 1.29 is 14.3 Å². The fourth-order valence-electron chi connectivity index (χ4n) is 2.18. The number of amides is 1. The van der Waals surface area contributed by atoms with Gasteiger partial charge in [0.25, 0.3) is 0 Å². The highest BCUT2D eigenvalue weighted by Crippen LogP contribution is 2.22. The summed E-state index contributed by atoms with van der Waals surface area (Å²) in [6.45, 7) is 1.40. The van der Waals surface area contributed by atoms with Crippen molar-refractivity contribution >= 4 is 5.91 Å². The summed E-state index contributed by atoms with van der Waals surface area (Å²) < 4.78 is 10.4. The SMILES string of the molecule is COc1cc(CNC2CCCNC2=O)cc(OC)c1. The van der Waals surface area contributed by atoms with E-state index in [2.05, 4.69) is 10.6 Å². The molecule has 5 heteroatoms. The van der Waals surface area contributed by atoms with Gasteiger partial charge in [0.15, 0.2) is 0 Å². The van der Waals surface area contributed by atoms with E-state index in [1.807, 2.05) is 18.2 Å². The van der Waals surface area contributed by atoms with Crippen molar-refractivity contribution in [1.29, 1.82) is 0 Å². The summed E-state index contributed by atoms with van der Waals surface area (Å²) in [4.78, 5) is 11.6. The van der Waals surface area contributed by atoms with Crippen LogP contribution in [0.5, 0.6) is 11.5 Å². The molecule has 1 unspecified atom stereocenters. The van der Waals surface area contributed by atoms with Crippen LogP contribution >= 0.6 is 0 Å². The molecule has 1 aliphatic heterocycles. The molecular formula is C14H20N2O3. The molecule has 1 heterocycles. The second-order valence-corrected chi connectivity index (χ2v) is 4.59. The number of carbonyl (C=O) groups is 1. The Morgan fingerprint density at radius 2 is 1.95 bits per heavy atom. The Balaban J connectivity index is 2.00. The molecule has 19 heavy (non-hydrogen) atoms. The number of rotatable bonds is 5. The van der Waals surface area contributed by atoms with E-state index in [0.717, 1.165) is 36.4 Å². The molecule has 0 saturated carbocycles. The van der Waals surface area contributed by atoms with Crippen molar-refractivity contribution in [2.24, 2.45) is 0 Å². The molecule has 104 valence electrons. The lowest BCUT2D eigenvalue weighted by molar-refractivity contribution is -0.124. The smallest absolute Gasteiger partial charge is 0.237 e. The summed E-state index contributed by atoms with van der Waals surface area (Å²) in [7, 11) is 3.25. The van der Waals surface area contributed by atoms with Crippen LogP contribution in [0.1, 0.15) is 18.4 Å². The van der Waals surface area contributed by atoms with Crippen molar-refractivity contribution in [1.82, 2.24) is 10.6 Å². The van der Waals surface area contributed by atoms with E-state index in [9.17, 15) is 4.79 Å². The molecule has 5 nitrogen and oxygen atoms in total. The van der Waals surface area contributed by atoms with Crippen LogP contribution in [0.25, 0.3) is 0 Å². The van der Waals surface area contributed by atoms with Crippen molar-refractivity contribution in [3.63, 3.8) is 0 Å². The average molecular weight is 264 g/mol. The average Bonchev–Trinajstić information content (AvgIpc) is 2.46. The number of methoxy groups -OCH3 is 2. The molecule has 1 fully saturated rings. The van der Waals surface area contributed by atoms with E-state index in [0.29, 0.717) is 6.54 Å². The minimum absolute atomic E-state index is 0.0844. The van der Waals surface area contributed by atoms with Crippen molar-refractivity contribution in [3.05, 3.63) is 23.8 Å². The van der Waals surface area contributed by atoms with E-state index < -0.39 is 0 Å². The molecule has 0 aliphatic carbocycles. The zero-order valence-corrected chi connectivity index (χ0v) is 11.4. The number of ether oxygens (including phenoxy) is 2. The van der Waals surface area contributed by atoms with Crippen molar-refractivity contribution in [2.75, 3.05) is 20.8 Å². The highest BCUT2D eigenvalue weighted by Gasteiger charge is 2.20. The fraction of sp³-hybridized carbons (Fsp3) is 0.500. The third kappa shape index (κ3) is 3.61. The van der Waals surface area contributed by atoms with Gasteiger partial charge in [0.1, 0.15) is 11.5 Å². The summed E-state index contributed by atoms with van der Waals surface area (Å²) in [6, 6.07) is 5.61. The summed E-state index contributed by atoms with van der Waals surface area (Å²) in [5.74, 6) is 1.59. The molecule has 0 bridgehead atoms. The van der Waals surface area contributed by atoms with Crippen LogP contribution in [0.3, 0.4) is 0 Å². The predicted octanol–water partition coefficient (Wildman–Crippen LogP) is 1.07. The van der Waals surface area contributed by atoms with Crippen LogP contribution in [0.2, 0.25) is 0 Å². The number of benzene rings is 1. The fourth-order valence-corrected chi connectivity index (χ4v) is 2.18. The van der Waals surface area contributed by atoms with Gasteiger partial charge in [-0.25, -0.2) is 0 Å². The first-order chi connectivity index (χ1) is 9.22. The Morgan fingerprint density at radius 1 is 1.26 bits per heavy atom. The van der Waals surface area contributed by atoms with Gasteiger partial charge >= 0.3 is 0 Å². The first-order valence-corrected chi connectivity index (χ1v) is 6.46. The second-order valence-electron chi connectivity index (χ2n) is 4.59. The molecule has 1 aromatic rings. The number of nitrogens with one attached hydrogen (secondary N) is 2. The largest absolute Gasteiger partial charge is 0.497 e. The number of carbonyl (C=O) groups excluding carboxylic acids is 1. The summed E-state index contributed by atoms with van der Waals surface area (Å²) in [5.41, 5.74) is 1.04. The van der Waals surface area contributed by atoms with Gasteiger partial charge in [0, 0.05) is 19.2 Å². The third-order valence-electron chi connectivity index (χ3n) is 3.25. The van der Waals surface area contributed by atoms with Gasteiger partial charge in [-0.3, -0.25) is 4.79 Å². The van der Waals surface area contributed by atoms with Gasteiger partial charge in [-0.2, -0.15) is 0 Å². The van der Waals surface area contributed by atoms with Crippen LogP contribution < -0.4 is 20.1 Å². The maximum atomic E-state index is 11.6. The molecule has 2 N–H and O–H groups in total. The normalized spacial score (nSPS) is 18.8. The van der Waals surface area contributed by atoms with Crippen LogP contribution in [-0.2, 0) is 11.3 Å². The van der Waals surface area contributed by atoms with E-state index in [1.54, 1.807) is 14.2 Å². The van der Waals surface area contributed by atoms with E-state index in [-0.39, 0.29) is 11.9 Å². The molecule has 1 saturated heterocycles. The van der Waals surface area contributed by atoms with Gasteiger partial charge in [0.2, 0.25) is 5.91 Å². The zero-order chi connectivity index (χ0) is 13.7. The quantitative estimate of drug-likeness (QED) is 0.835. The highest BCUT2D eigenvalue weighted by atomic mass is 16.5. The molecule has 0 aromatic heterocycles. The Kier molecular flexibility index (Phi) is 4.63. The molecule has 0 spiro atoms. The number of hydrogen-bond acceptors (Lipinski definition) is 4. The lowest BCUT2D eigenvalue weighted by atomic mass is 10.1. The summed E-state index contributed by atoms with van der Waals surface area (Å²) in [5, 5.41) is 6.13. The molecule has 1 amide bonds. The Morgan fingerprint density at radius 3 is 2.53 bits per heavy atom. The van der Waals surface area contributed by atoms with Gasteiger partial charge in [-0.05, 0) is 30.5 Å². The molecule has 1 aromatic carbocycles. The first kappa shape index (κ1) is 13.7. The van der Waals surface area contributed by atoms with Crippen molar-refractivity contribution in [2.45, 2.75) is 25.4 Å². The van der Waals surface area contributed by atoms with Gasteiger partial charge in [-0.15, -0.1) is 0 Å². The zero-order valence-electron chi connectivity index (χ0n) is 11.4. The minimum atomic E-state index is -0.106. The number of hydrogen-bond donors (Lipinski definition) is 2. The Labute approximate surface area is 113 Å². The van der Waals surface area contributed by atoms with Gasteiger partial charge in [-0.1, -0.05) is 0 Å². The van der Waals surface area contributed by atoms with E-state index in [1.165, 1.54) is 0 Å².